The highest BCUT2D eigenvalue weighted by Crippen LogP contribution is 2.77. The summed E-state index contributed by atoms with van der Waals surface area (Å²) in [5, 5.41) is 10.7. The second-order valence-electron chi connectivity index (χ2n) is 7.19. The molecule has 16 heavy (non-hydrogen) atoms. The minimum absolute atomic E-state index is 0.125. The van der Waals surface area contributed by atoms with Crippen LogP contribution in [0.25, 0.3) is 0 Å². The molecule has 4 unspecified atom stereocenters. The molecule has 3 rings (SSSR count). The molecule has 0 spiro atoms. The molecule has 0 aromatic carbocycles. The van der Waals surface area contributed by atoms with Gasteiger partial charge < -0.3 is 5.11 Å². The van der Waals surface area contributed by atoms with Crippen molar-refractivity contribution in [3.05, 3.63) is 12.2 Å². The van der Waals surface area contributed by atoms with E-state index < -0.39 is 0 Å². The maximum absolute atomic E-state index is 10.7. The van der Waals surface area contributed by atoms with Crippen molar-refractivity contribution in [1.29, 1.82) is 0 Å². The fourth-order valence-electron chi connectivity index (χ4n) is 5.84. The standard InChI is InChI=1S/C15H24O/c1-10-11-6-9-15(12(10)16)13(2,3)7-5-8-14(11,15)4/h11-12,16H,1,5-9H2,2-4H3. The molecular formula is C15H24O. The van der Waals surface area contributed by atoms with E-state index in [4.69, 9.17) is 0 Å². The summed E-state index contributed by atoms with van der Waals surface area (Å²) in [7, 11) is 0. The van der Waals surface area contributed by atoms with E-state index in [-0.39, 0.29) is 16.9 Å². The second-order valence-corrected chi connectivity index (χ2v) is 7.19. The Morgan fingerprint density at radius 2 is 1.88 bits per heavy atom. The zero-order valence-electron chi connectivity index (χ0n) is 10.8. The minimum atomic E-state index is -0.244. The van der Waals surface area contributed by atoms with Crippen molar-refractivity contribution in [3.63, 3.8) is 0 Å². The van der Waals surface area contributed by atoms with Gasteiger partial charge in [0.05, 0.1) is 6.10 Å². The molecule has 1 nitrogen and oxygen atoms in total. The minimum Gasteiger partial charge on any atom is -0.388 e. The second kappa shape index (κ2) is 2.75. The average molecular weight is 220 g/mol. The van der Waals surface area contributed by atoms with Gasteiger partial charge in [-0.2, -0.15) is 0 Å². The van der Waals surface area contributed by atoms with Gasteiger partial charge in [-0.15, -0.1) is 0 Å². The summed E-state index contributed by atoms with van der Waals surface area (Å²) in [6, 6.07) is 0. The Bertz CT molecular complexity index is 356. The zero-order chi connectivity index (χ0) is 11.8. The Morgan fingerprint density at radius 1 is 1.19 bits per heavy atom. The van der Waals surface area contributed by atoms with Crippen LogP contribution in [0.15, 0.2) is 12.2 Å². The van der Waals surface area contributed by atoms with Gasteiger partial charge in [-0.1, -0.05) is 33.8 Å². The largest absolute Gasteiger partial charge is 0.388 e. The highest BCUT2D eigenvalue weighted by Gasteiger charge is 2.73. The van der Waals surface area contributed by atoms with Gasteiger partial charge in [-0.25, -0.2) is 0 Å². The number of rotatable bonds is 0. The summed E-state index contributed by atoms with van der Waals surface area (Å²) < 4.78 is 0. The molecule has 1 N–H and O–H groups in total. The molecule has 0 saturated heterocycles. The molecule has 2 bridgehead atoms. The van der Waals surface area contributed by atoms with Gasteiger partial charge >= 0.3 is 0 Å². The van der Waals surface area contributed by atoms with E-state index in [1.807, 2.05) is 0 Å². The van der Waals surface area contributed by atoms with Gasteiger partial charge in [-0.05, 0) is 48.0 Å². The summed E-state index contributed by atoms with van der Waals surface area (Å²) in [6.45, 7) is 11.4. The average Bonchev–Trinajstić information content (AvgIpc) is 2.57. The molecule has 3 aliphatic carbocycles. The predicted octanol–water partition coefficient (Wildman–Crippen LogP) is 3.53. The topological polar surface area (TPSA) is 20.2 Å². The molecule has 0 aliphatic heterocycles. The molecule has 0 amide bonds. The fourth-order valence-corrected chi connectivity index (χ4v) is 5.84. The lowest BCUT2D eigenvalue weighted by Gasteiger charge is -2.57. The van der Waals surface area contributed by atoms with Crippen LogP contribution in [-0.2, 0) is 0 Å². The van der Waals surface area contributed by atoms with Crippen molar-refractivity contribution >= 4 is 0 Å². The Hall–Kier alpha value is -0.300. The van der Waals surface area contributed by atoms with Crippen LogP contribution in [0.2, 0.25) is 0 Å². The summed E-state index contributed by atoms with van der Waals surface area (Å²) in [6.07, 6.45) is 6.10. The number of aliphatic hydroxyl groups excluding tert-OH is 1. The van der Waals surface area contributed by atoms with Gasteiger partial charge in [0.2, 0.25) is 0 Å². The third kappa shape index (κ3) is 0.827. The van der Waals surface area contributed by atoms with Crippen molar-refractivity contribution in [1.82, 2.24) is 0 Å². The predicted molar refractivity (Wildman–Crippen MR) is 66.0 cm³/mol. The van der Waals surface area contributed by atoms with E-state index in [0.29, 0.717) is 11.3 Å². The van der Waals surface area contributed by atoms with E-state index in [0.717, 1.165) is 5.57 Å². The van der Waals surface area contributed by atoms with Gasteiger partial charge in [0.15, 0.2) is 0 Å². The van der Waals surface area contributed by atoms with E-state index in [1.165, 1.54) is 32.1 Å². The van der Waals surface area contributed by atoms with Crippen LogP contribution in [0.3, 0.4) is 0 Å². The van der Waals surface area contributed by atoms with Crippen LogP contribution in [0, 0.1) is 22.2 Å². The monoisotopic (exact) mass is 220 g/mol. The van der Waals surface area contributed by atoms with Crippen molar-refractivity contribution < 1.29 is 5.11 Å². The maximum atomic E-state index is 10.7. The summed E-state index contributed by atoms with van der Waals surface area (Å²) in [5.74, 6) is 0.585. The molecule has 4 atom stereocenters. The van der Waals surface area contributed by atoms with E-state index in [9.17, 15) is 5.11 Å². The van der Waals surface area contributed by atoms with Crippen LogP contribution in [0.4, 0.5) is 0 Å². The van der Waals surface area contributed by atoms with Gasteiger partial charge in [0.1, 0.15) is 0 Å². The van der Waals surface area contributed by atoms with Crippen LogP contribution in [0.5, 0.6) is 0 Å². The Balaban J connectivity index is 2.21. The van der Waals surface area contributed by atoms with Gasteiger partial charge in [-0.3, -0.25) is 0 Å². The lowest BCUT2D eigenvalue weighted by atomic mass is 9.48. The SMILES string of the molecule is C=C1C2CCC3(C1O)C(C)(C)CCCC23C. The lowest BCUT2D eigenvalue weighted by Crippen LogP contribution is -2.53. The first-order valence-electron chi connectivity index (χ1n) is 6.74. The summed E-state index contributed by atoms with van der Waals surface area (Å²) >= 11 is 0. The number of hydrogen-bond acceptors (Lipinski definition) is 1. The van der Waals surface area contributed by atoms with E-state index >= 15 is 0 Å². The zero-order valence-corrected chi connectivity index (χ0v) is 10.8. The molecule has 0 radical (unpaired) electrons. The first-order valence-corrected chi connectivity index (χ1v) is 6.74. The van der Waals surface area contributed by atoms with Crippen LogP contribution in [-0.4, -0.2) is 11.2 Å². The van der Waals surface area contributed by atoms with Crippen molar-refractivity contribution in [2.24, 2.45) is 22.2 Å². The van der Waals surface area contributed by atoms with Gasteiger partial charge in [0, 0.05) is 5.41 Å². The van der Waals surface area contributed by atoms with E-state index in [1.54, 1.807) is 0 Å². The normalized spacial score (nSPS) is 54.1. The summed E-state index contributed by atoms with van der Waals surface area (Å²) in [5.41, 5.74) is 1.86. The van der Waals surface area contributed by atoms with Crippen molar-refractivity contribution in [2.75, 3.05) is 0 Å². The molecule has 3 fully saturated rings. The van der Waals surface area contributed by atoms with Crippen molar-refractivity contribution in [3.8, 4) is 0 Å². The molecule has 3 aliphatic rings. The van der Waals surface area contributed by atoms with E-state index in [2.05, 4.69) is 27.4 Å². The smallest absolute Gasteiger partial charge is 0.0817 e. The third-order valence-electron chi connectivity index (χ3n) is 6.59. The highest BCUT2D eigenvalue weighted by molar-refractivity contribution is 5.34. The van der Waals surface area contributed by atoms with Crippen LogP contribution >= 0.6 is 0 Å². The summed E-state index contributed by atoms with van der Waals surface area (Å²) in [4.78, 5) is 0. The van der Waals surface area contributed by atoms with Crippen LogP contribution in [0.1, 0.15) is 52.9 Å². The molecule has 0 aromatic rings. The molecule has 0 aromatic heterocycles. The number of aliphatic hydroxyl groups is 1. The molecule has 1 heteroatoms. The Morgan fingerprint density at radius 3 is 2.50 bits per heavy atom. The maximum Gasteiger partial charge on any atom is 0.0817 e. The molecular weight excluding hydrogens is 196 g/mol. The molecule has 0 heterocycles. The van der Waals surface area contributed by atoms with Gasteiger partial charge in [0.25, 0.3) is 0 Å². The third-order valence-corrected chi connectivity index (χ3v) is 6.59. The quantitative estimate of drug-likeness (QED) is 0.619. The Labute approximate surface area is 98.9 Å². The lowest BCUT2D eigenvalue weighted by molar-refractivity contribution is -0.124. The first kappa shape index (κ1) is 10.8. The van der Waals surface area contributed by atoms with Crippen molar-refractivity contribution in [2.45, 2.75) is 59.0 Å². The first-order chi connectivity index (χ1) is 7.37. The molecule has 3 saturated carbocycles. The fraction of sp³-hybridized carbons (Fsp3) is 0.867. The molecule has 90 valence electrons. The highest BCUT2D eigenvalue weighted by atomic mass is 16.3. The Kier molecular flexibility index (Phi) is 1.86. The van der Waals surface area contributed by atoms with Crippen LogP contribution < -0.4 is 0 Å². The number of hydrogen-bond donors (Lipinski definition) is 1.